The zero-order valence-corrected chi connectivity index (χ0v) is 9.34. The first-order valence-corrected chi connectivity index (χ1v) is 5.37. The molecule has 2 heteroatoms. The SMILES string of the molecule is CC(C)C(C)C(N)C1(C)CCCO1. The van der Waals surface area contributed by atoms with Crippen LogP contribution in [0, 0.1) is 11.8 Å². The predicted molar refractivity (Wildman–Crippen MR) is 55.6 cm³/mol. The van der Waals surface area contributed by atoms with Gasteiger partial charge in [-0.1, -0.05) is 20.8 Å². The Bertz CT molecular complexity index is 161. The van der Waals surface area contributed by atoms with E-state index in [-0.39, 0.29) is 11.6 Å². The van der Waals surface area contributed by atoms with Gasteiger partial charge in [-0.2, -0.15) is 0 Å². The summed E-state index contributed by atoms with van der Waals surface area (Å²) in [6, 6.07) is 0.176. The Balaban J connectivity index is 2.59. The van der Waals surface area contributed by atoms with Crippen LogP contribution in [0.5, 0.6) is 0 Å². The second-order valence-electron chi connectivity index (χ2n) is 4.89. The first kappa shape index (κ1) is 11.0. The van der Waals surface area contributed by atoms with E-state index in [2.05, 4.69) is 27.7 Å². The lowest BCUT2D eigenvalue weighted by Crippen LogP contribution is -2.50. The number of rotatable bonds is 3. The van der Waals surface area contributed by atoms with Gasteiger partial charge in [-0.15, -0.1) is 0 Å². The maximum Gasteiger partial charge on any atom is 0.0808 e. The summed E-state index contributed by atoms with van der Waals surface area (Å²) in [5, 5.41) is 0. The summed E-state index contributed by atoms with van der Waals surface area (Å²) in [6.07, 6.45) is 2.28. The topological polar surface area (TPSA) is 35.2 Å². The predicted octanol–water partition coefficient (Wildman–Crippen LogP) is 2.17. The number of hydrogen-bond donors (Lipinski definition) is 1. The third-order valence-electron chi connectivity index (χ3n) is 3.57. The van der Waals surface area contributed by atoms with Gasteiger partial charge in [0.25, 0.3) is 0 Å². The Kier molecular flexibility index (Phi) is 3.36. The molecule has 13 heavy (non-hydrogen) atoms. The van der Waals surface area contributed by atoms with Crippen LogP contribution in [-0.4, -0.2) is 18.2 Å². The van der Waals surface area contributed by atoms with Crippen molar-refractivity contribution in [1.29, 1.82) is 0 Å². The fraction of sp³-hybridized carbons (Fsp3) is 1.00. The molecule has 0 amide bonds. The van der Waals surface area contributed by atoms with E-state index in [1.807, 2.05) is 0 Å². The summed E-state index contributed by atoms with van der Waals surface area (Å²) in [5.41, 5.74) is 6.17. The normalized spacial score (nSPS) is 33.7. The lowest BCUT2D eigenvalue weighted by atomic mass is 9.80. The van der Waals surface area contributed by atoms with Crippen molar-refractivity contribution in [3.63, 3.8) is 0 Å². The molecule has 0 spiro atoms. The Labute approximate surface area is 81.8 Å². The molecule has 3 unspecified atom stereocenters. The maximum absolute atomic E-state index is 6.23. The van der Waals surface area contributed by atoms with Gasteiger partial charge in [0.05, 0.1) is 5.60 Å². The third kappa shape index (κ3) is 2.23. The zero-order valence-electron chi connectivity index (χ0n) is 9.34. The lowest BCUT2D eigenvalue weighted by Gasteiger charge is -2.36. The molecule has 0 aromatic carbocycles. The first-order chi connectivity index (χ1) is 5.97. The van der Waals surface area contributed by atoms with Crippen LogP contribution in [0.15, 0.2) is 0 Å². The van der Waals surface area contributed by atoms with Gasteiger partial charge in [-0.3, -0.25) is 0 Å². The quantitative estimate of drug-likeness (QED) is 0.731. The second-order valence-corrected chi connectivity index (χ2v) is 4.89. The van der Waals surface area contributed by atoms with Gasteiger partial charge in [0.15, 0.2) is 0 Å². The Morgan fingerprint density at radius 1 is 1.31 bits per heavy atom. The number of ether oxygens (including phenoxy) is 1. The smallest absolute Gasteiger partial charge is 0.0808 e. The van der Waals surface area contributed by atoms with Crippen LogP contribution in [-0.2, 0) is 4.74 Å². The standard InChI is InChI=1S/C11H23NO/c1-8(2)9(3)10(12)11(4)6-5-7-13-11/h8-10H,5-7,12H2,1-4H3. The molecule has 0 aliphatic carbocycles. The summed E-state index contributed by atoms with van der Waals surface area (Å²) in [5.74, 6) is 1.17. The number of hydrogen-bond acceptors (Lipinski definition) is 2. The van der Waals surface area contributed by atoms with Crippen LogP contribution in [0.3, 0.4) is 0 Å². The molecule has 1 rings (SSSR count). The average Bonchev–Trinajstić information content (AvgIpc) is 2.50. The summed E-state index contributed by atoms with van der Waals surface area (Å²) < 4.78 is 5.75. The van der Waals surface area contributed by atoms with Gasteiger partial charge in [0, 0.05) is 12.6 Å². The zero-order chi connectivity index (χ0) is 10.1. The van der Waals surface area contributed by atoms with Crippen molar-refractivity contribution >= 4 is 0 Å². The highest BCUT2D eigenvalue weighted by Crippen LogP contribution is 2.32. The minimum atomic E-state index is -0.0658. The van der Waals surface area contributed by atoms with Crippen molar-refractivity contribution < 1.29 is 4.74 Å². The molecule has 0 saturated carbocycles. The fourth-order valence-corrected chi connectivity index (χ4v) is 2.03. The summed E-state index contributed by atoms with van der Waals surface area (Å²) >= 11 is 0. The molecule has 1 saturated heterocycles. The molecule has 2 nitrogen and oxygen atoms in total. The molecule has 78 valence electrons. The molecule has 0 aromatic heterocycles. The lowest BCUT2D eigenvalue weighted by molar-refractivity contribution is -0.0201. The second kappa shape index (κ2) is 3.97. The highest BCUT2D eigenvalue weighted by atomic mass is 16.5. The molecular weight excluding hydrogens is 162 g/mol. The van der Waals surface area contributed by atoms with Crippen LogP contribution in [0.1, 0.15) is 40.5 Å². The fourth-order valence-electron chi connectivity index (χ4n) is 2.03. The van der Waals surface area contributed by atoms with Crippen LogP contribution in [0.25, 0.3) is 0 Å². The molecule has 2 N–H and O–H groups in total. The van der Waals surface area contributed by atoms with E-state index in [0.29, 0.717) is 11.8 Å². The van der Waals surface area contributed by atoms with Crippen LogP contribution in [0.2, 0.25) is 0 Å². The van der Waals surface area contributed by atoms with Crippen molar-refractivity contribution in [1.82, 2.24) is 0 Å². The van der Waals surface area contributed by atoms with Crippen LogP contribution < -0.4 is 5.73 Å². The van der Waals surface area contributed by atoms with Gasteiger partial charge in [0.1, 0.15) is 0 Å². The van der Waals surface area contributed by atoms with Gasteiger partial charge >= 0.3 is 0 Å². The molecule has 1 fully saturated rings. The van der Waals surface area contributed by atoms with Crippen molar-refractivity contribution in [3.8, 4) is 0 Å². The van der Waals surface area contributed by atoms with Crippen LogP contribution in [0.4, 0.5) is 0 Å². The summed E-state index contributed by atoms with van der Waals surface area (Å²) in [6.45, 7) is 9.71. The monoisotopic (exact) mass is 185 g/mol. The van der Waals surface area contributed by atoms with Crippen molar-refractivity contribution in [3.05, 3.63) is 0 Å². The molecule has 1 aliphatic heterocycles. The molecule has 1 heterocycles. The van der Waals surface area contributed by atoms with Crippen molar-refractivity contribution in [2.75, 3.05) is 6.61 Å². The highest BCUT2D eigenvalue weighted by molar-refractivity contribution is 4.93. The van der Waals surface area contributed by atoms with E-state index in [1.165, 1.54) is 0 Å². The molecule has 3 atom stereocenters. The van der Waals surface area contributed by atoms with E-state index in [0.717, 1.165) is 19.4 Å². The molecule has 0 radical (unpaired) electrons. The van der Waals surface area contributed by atoms with E-state index in [9.17, 15) is 0 Å². The maximum atomic E-state index is 6.23. The Morgan fingerprint density at radius 2 is 1.92 bits per heavy atom. The molecule has 0 aromatic rings. The van der Waals surface area contributed by atoms with Crippen LogP contribution >= 0.6 is 0 Å². The summed E-state index contributed by atoms with van der Waals surface area (Å²) in [7, 11) is 0. The van der Waals surface area contributed by atoms with Gasteiger partial charge < -0.3 is 10.5 Å². The Hall–Kier alpha value is -0.0800. The minimum Gasteiger partial charge on any atom is -0.374 e. The van der Waals surface area contributed by atoms with Gasteiger partial charge in [0.2, 0.25) is 0 Å². The third-order valence-corrected chi connectivity index (χ3v) is 3.57. The highest BCUT2D eigenvalue weighted by Gasteiger charge is 2.39. The van der Waals surface area contributed by atoms with E-state index in [4.69, 9.17) is 10.5 Å². The van der Waals surface area contributed by atoms with E-state index in [1.54, 1.807) is 0 Å². The molecule has 0 bridgehead atoms. The minimum absolute atomic E-state index is 0.0658. The average molecular weight is 185 g/mol. The van der Waals surface area contributed by atoms with E-state index >= 15 is 0 Å². The number of nitrogens with two attached hydrogens (primary N) is 1. The van der Waals surface area contributed by atoms with E-state index < -0.39 is 0 Å². The van der Waals surface area contributed by atoms with Gasteiger partial charge in [-0.25, -0.2) is 0 Å². The largest absolute Gasteiger partial charge is 0.374 e. The first-order valence-electron chi connectivity index (χ1n) is 5.37. The van der Waals surface area contributed by atoms with Crippen molar-refractivity contribution in [2.24, 2.45) is 17.6 Å². The molecule has 1 aliphatic rings. The Morgan fingerprint density at radius 3 is 2.31 bits per heavy atom. The van der Waals surface area contributed by atoms with Gasteiger partial charge in [-0.05, 0) is 31.6 Å². The van der Waals surface area contributed by atoms with Crippen molar-refractivity contribution in [2.45, 2.75) is 52.2 Å². The summed E-state index contributed by atoms with van der Waals surface area (Å²) in [4.78, 5) is 0. The molecular formula is C11H23NO.